The molecule has 2 aromatic carbocycles. The summed E-state index contributed by atoms with van der Waals surface area (Å²) in [6.45, 7) is 2.84. The fourth-order valence-corrected chi connectivity index (χ4v) is 4.08. The van der Waals surface area contributed by atoms with E-state index in [1.807, 2.05) is 24.3 Å². The van der Waals surface area contributed by atoms with E-state index in [1.165, 1.54) is 48.0 Å². The maximum absolute atomic E-state index is 10.7. The Morgan fingerprint density at radius 2 is 1.69 bits per heavy atom. The minimum absolute atomic E-state index is 0.216. The normalized spacial score (nSPS) is 17.4. The largest absolute Gasteiger partial charge is 0.489 e. The summed E-state index contributed by atoms with van der Waals surface area (Å²) in [5.74, 6) is 0.146. The predicted molar refractivity (Wildman–Crippen MR) is 118 cm³/mol. The van der Waals surface area contributed by atoms with Crippen molar-refractivity contribution < 1.29 is 14.6 Å². The molecule has 3 heteroatoms. The van der Waals surface area contributed by atoms with Gasteiger partial charge in [-0.3, -0.25) is 4.79 Å². The number of rotatable bonds is 8. The number of carboxylic acids is 1. The van der Waals surface area contributed by atoms with E-state index in [2.05, 4.69) is 31.2 Å². The minimum atomic E-state index is -0.734. The number of aryl methyl sites for hydroxylation is 2. The molecule has 3 rings (SSSR count). The van der Waals surface area contributed by atoms with E-state index in [-0.39, 0.29) is 6.42 Å². The molecule has 0 aromatic heterocycles. The maximum Gasteiger partial charge on any atom is 0.303 e. The van der Waals surface area contributed by atoms with Gasteiger partial charge in [-0.1, -0.05) is 49.2 Å². The molecular weight excluding hydrogens is 360 g/mol. The third-order valence-electron chi connectivity index (χ3n) is 5.74. The highest BCUT2D eigenvalue weighted by atomic mass is 16.5. The summed E-state index contributed by atoms with van der Waals surface area (Å²) in [5, 5.41) is 8.76. The zero-order chi connectivity index (χ0) is 20.5. The lowest BCUT2D eigenvalue weighted by atomic mass is 9.87. The van der Waals surface area contributed by atoms with Gasteiger partial charge in [0.05, 0.1) is 0 Å². The highest BCUT2D eigenvalue weighted by molar-refractivity contribution is 5.71. The van der Waals surface area contributed by atoms with Gasteiger partial charge in [-0.05, 0) is 85.4 Å². The predicted octanol–water partition coefficient (Wildman–Crippen LogP) is 6.59. The highest BCUT2D eigenvalue weighted by Gasteiger charge is 2.14. The van der Waals surface area contributed by atoms with Crippen LogP contribution in [0.5, 0.6) is 5.75 Å². The molecule has 1 N–H and O–H groups in total. The Morgan fingerprint density at radius 3 is 2.41 bits per heavy atom. The lowest BCUT2D eigenvalue weighted by Crippen LogP contribution is -2.07. The molecule has 0 heterocycles. The number of ether oxygens (including phenoxy) is 1. The van der Waals surface area contributed by atoms with Crippen LogP contribution >= 0.6 is 0 Å². The molecule has 1 aliphatic carbocycles. The van der Waals surface area contributed by atoms with Gasteiger partial charge in [-0.2, -0.15) is 0 Å². The van der Waals surface area contributed by atoms with E-state index in [0.717, 1.165) is 30.6 Å². The molecule has 154 valence electrons. The summed E-state index contributed by atoms with van der Waals surface area (Å²) in [4.78, 5) is 10.7. The van der Waals surface area contributed by atoms with Crippen LogP contribution in [-0.2, 0) is 11.2 Å². The number of hydrogen-bond donors (Lipinski definition) is 1. The van der Waals surface area contributed by atoms with Crippen LogP contribution < -0.4 is 4.74 Å². The van der Waals surface area contributed by atoms with Gasteiger partial charge in [0.1, 0.15) is 12.4 Å². The molecule has 0 saturated carbocycles. The smallest absolute Gasteiger partial charge is 0.303 e. The molecule has 0 atom stereocenters. The number of hydrogen-bond acceptors (Lipinski definition) is 2. The van der Waals surface area contributed by atoms with E-state index in [9.17, 15) is 4.79 Å². The van der Waals surface area contributed by atoms with E-state index in [0.29, 0.717) is 13.0 Å². The van der Waals surface area contributed by atoms with Crippen LogP contribution in [0.2, 0.25) is 0 Å². The summed E-state index contributed by atoms with van der Waals surface area (Å²) in [5.41, 5.74) is 6.79. The standard InChI is InChI=1S/C26H32O3/c1-20-9-6-7-12-24(20)25-13-5-3-2-4-11-22(25)19-29-23-17-15-21(16-18-23)10-8-14-26(27)28/h6-7,9,12,15-18H,2-5,8,10-11,13-14,19H2,1H3,(H,27,28)/b25-22-. The third kappa shape index (κ3) is 6.49. The summed E-state index contributed by atoms with van der Waals surface area (Å²) >= 11 is 0. The topological polar surface area (TPSA) is 46.5 Å². The molecule has 0 saturated heterocycles. The Bertz CT molecular complexity index is 833. The number of benzene rings is 2. The van der Waals surface area contributed by atoms with Crippen LogP contribution in [0.25, 0.3) is 5.57 Å². The van der Waals surface area contributed by atoms with Gasteiger partial charge in [-0.25, -0.2) is 0 Å². The SMILES string of the molecule is Cc1ccccc1/C1=C(\COc2ccc(CCCC(=O)O)cc2)CCCCCC1. The van der Waals surface area contributed by atoms with E-state index in [4.69, 9.17) is 9.84 Å². The van der Waals surface area contributed by atoms with Crippen molar-refractivity contribution in [2.45, 2.75) is 64.7 Å². The molecule has 0 unspecified atom stereocenters. The first kappa shape index (κ1) is 21.2. The van der Waals surface area contributed by atoms with Crippen molar-refractivity contribution in [3.63, 3.8) is 0 Å². The third-order valence-corrected chi connectivity index (χ3v) is 5.74. The van der Waals surface area contributed by atoms with Crippen LogP contribution in [0.15, 0.2) is 54.1 Å². The quantitative estimate of drug-likeness (QED) is 0.551. The van der Waals surface area contributed by atoms with E-state index in [1.54, 1.807) is 0 Å². The summed E-state index contributed by atoms with van der Waals surface area (Å²) in [6, 6.07) is 16.8. The van der Waals surface area contributed by atoms with Crippen molar-refractivity contribution in [1.82, 2.24) is 0 Å². The fraction of sp³-hybridized carbons (Fsp3) is 0.423. The number of allylic oxidation sites excluding steroid dienone is 1. The van der Waals surface area contributed by atoms with E-state index < -0.39 is 5.97 Å². The molecular formula is C26H32O3. The average molecular weight is 393 g/mol. The second kappa shape index (κ2) is 10.8. The monoisotopic (exact) mass is 392 g/mol. The molecule has 0 spiro atoms. The number of aliphatic carboxylic acids is 1. The molecule has 2 aromatic rings. The molecule has 3 nitrogen and oxygen atoms in total. The van der Waals surface area contributed by atoms with Crippen molar-refractivity contribution in [1.29, 1.82) is 0 Å². The maximum atomic E-state index is 10.7. The molecule has 0 radical (unpaired) electrons. The second-order valence-corrected chi connectivity index (χ2v) is 7.99. The zero-order valence-electron chi connectivity index (χ0n) is 17.5. The molecule has 0 fully saturated rings. The lowest BCUT2D eigenvalue weighted by Gasteiger charge is -2.21. The van der Waals surface area contributed by atoms with Gasteiger partial charge < -0.3 is 9.84 Å². The van der Waals surface area contributed by atoms with Crippen molar-refractivity contribution in [2.75, 3.05) is 6.61 Å². The molecule has 0 amide bonds. The van der Waals surface area contributed by atoms with Crippen LogP contribution in [0.3, 0.4) is 0 Å². The molecule has 0 aliphatic heterocycles. The van der Waals surface area contributed by atoms with Crippen molar-refractivity contribution >= 4 is 11.5 Å². The van der Waals surface area contributed by atoms with Crippen molar-refractivity contribution in [3.05, 3.63) is 70.8 Å². The van der Waals surface area contributed by atoms with Gasteiger partial charge in [0.25, 0.3) is 0 Å². The Labute approximate surface area is 174 Å². The van der Waals surface area contributed by atoms with Crippen LogP contribution in [0.1, 0.15) is 68.1 Å². The van der Waals surface area contributed by atoms with Crippen LogP contribution in [-0.4, -0.2) is 17.7 Å². The first-order valence-corrected chi connectivity index (χ1v) is 10.8. The van der Waals surface area contributed by atoms with Gasteiger partial charge >= 0.3 is 5.97 Å². The molecule has 29 heavy (non-hydrogen) atoms. The highest BCUT2D eigenvalue weighted by Crippen LogP contribution is 2.32. The van der Waals surface area contributed by atoms with Gasteiger partial charge in [0.15, 0.2) is 0 Å². The Kier molecular flexibility index (Phi) is 7.92. The number of carboxylic acid groups (broad SMARTS) is 1. The Balaban J connectivity index is 1.69. The zero-order valence-corrected chi connectivity index (χ0v) is 17.5. The number of carbonyl (C=O) groups is 1. The minimum Gasteiger partial charge on any atom is -0.489 e. The summed E-state index contributed by atoms with van der Waals surface area (Å²) in [6.07, 6.45) is 9.01. The Morgan fingerprint density at radius 1 is 0.966 bits per heavy atom. The first-order valence-electron chi connectivity index (χ1n) is 10.8. The second-order valence-electron chi connectivity index (χ2n) is 7.99. The average Bonchev–Trinajstić information content (AvgIpc) is 2.69. The van der Waals surface area contributed by atoms with Crippen LogP contribution in [0.4, 0.5) is 0 Å². The lowest BCUT2D eigenvalue weighted by molar-refractivity contribution is -0.137. The summed E-state index contributed by atoms with van der Waals surface area (Å²) < 4.78 is 6.18. The summed E-state index contributed by atoms with van der Waals surface area (Å²) in [7, 11) is 0. The van der Waals surface area contributed by atoms with Gasteiger partial charge in [-0.15, -0.1) is 0 Å². The van der Waals surface area contributed by atoms with Gasteiger partial charge in [0.2, 0.25) is 0 Å². The first-order chi connectivity index (χ1) is 14.1. The molecule has 0 bridgehead atoms. The Hall–Kier alpha value is -2.55. The van der Waals surface area contributed by atoms with Crippen LogP contribution in [0, 0.1) is 6.92 Å². The molecule has 1 aliphatic rings. The van der Waals surface area contributed by atoms with E-state index >= 15 is 0 Å². The van der Waals surface area contributed by atoms with Crippen molar-refractivity contribution in [3.8, 4) is 5.75 Å². The van der Waals surface area contributed by atoms with Crippen molar-refractivity contribution in [2.24, 2.45) is 0 Å². The van der Waals surface area contributed by atoms with Gasteiger partial charge in [0, 0.05) is 6.42 Å². The fourth-order valence-electron chi connectivity index (χ4n) is 4.08.